The fraction of sp³-hybridized carbons (Fsp3) is 0.250. The number of nitrogens with two attached hydrogens (primary N) is 1. The molecule has 0 heterocycles. The number of hydrogen-bond donors (Lipinski definition) is 3. The Morgan fingerprint density at radius 3 is 2.47 bits per heavy atom. The second kappa shape index (κ2) is 11.4. The minimum atomic E-state index is -0.645. The molecule has 4 N–H and O–H groups in total. The van der Waals surface area contributed by atoms with Crippen LogP contribution < -0.4 is 10.5 Å². The largest absolute Gasteiger partial charge is 0.489 e. The molecule has 2 atom stereocenters. The zero-order valence-electron chi connectivity index (χ0n) is 16.6. The molecule has 0 saturated carbocycles. The van der Waals surface area contributed by atoms with Gasteiger partial charge in [-0.3, -0.25) is 0 Å². The lowest BCUT2D eigenvalue weighted by atomic mass is 10.0. The Kier molecular flexibility index (Phi) is 8.61. The zero-order chi connectivity index (χ0) is 21.3. The third kappa shape index (κ3) is 6.76. The lowest BCUT2D eigenvalue weighted by Crippen LogP contribution is -2.20. The van der Waals surface area contributed by atoms with Crippen molar-refractivity contribution in [2.75, 3.05) is 6.61 Å². The SMILES string of the molecule is N[C@H](CC(O)CCO)c1ccc(Sc2cccc(OCc3ccccc3)c2)cc1Cl. The molecule has 0 fully saturated rings. The van der Waals surface area contributed by atoms with Gasteiger partial charge in [0.15, 0.2) is 0 Å². The van der Waals surface area contributed by atoms with E-state index < -0.39 is 6.10 Å². The summed E-state index contributed by atoms with van der Waals surface area (Å²) in [7, 11) is 0. The van der Waals surface area contributed by atoms with Crippen molar-refractivity contribution in [1.29, 1.82) is 0 Å². The van der Waals surface area contributed by atoms with Gasteiger partial charge >= 0.3 is 0 Å². The minimum Gasteiger partial charge on any atom is -0.489 e. The summed E-state index contributed by atoms with van der Waals surface area (Å²) < 4.78 is 5.90. The van der Waals surface area contributed by atoms with Gasteiger partial charge in [0.2, 0.25) is 0 Å². The van der Waals surface area contributed by atoms with Gasteiger partial charge in [-0.1, -0.05) is 65.8 Å². The topological polar surface area (TPSA) is 75.7 Å². The molecule has 6 heteroatoms. The van der Waals surface area contributed by atoms with Crippen molar-refractivity contribution in [3.8, 4) is 5.75 Å². The highest BCUT2D eigenvalue weighted by Crippen LogP contribution is 2.34. The van der Waals surface area contributed by atoms with Crippen molar-refractivity contribution in [2.45, 2.75) is 41.4 Å². The molecule has 0 spiro atoms. The number of hydrogen-bond acceptors (Lipinski definition) is 5. The van der Waals surface area contributed by atoms with Crippen LogP contribution in [0.2, 0.25) is 5.02 Å². The molecule has 3 aromatic rings. The summed E-state index contributed by atoms with van der Waals surface area (Å²) in [6.07, 6.45) is 0.0175. The van der Waals surface area contributed by atoms with Crippen LogP contribution in [-0.4, -0.2) is 22.9 Å². The van der Waals surface area contributed by atoms with Crippen molar-refractivity contribution in [2.24, 2.45) is 5.73 Å². The molecule has 158 valence electrons. The van der Waals surface area contributed by atoms with Crippen LogP contribution in [0.15, 0.2) is 82.6 Å². The summed E-state index contributed by atoms with van der Waals surface area (Å²) in [5, 5.41) is 19.4. The first-order chi connectivity index (χ1) is 14.5. The lowest BCUT2D eigenvalue weighted by Gasteiger charge is -2.18. The average Bonchev–Trinajstić information content (AvgIpc) is 2.73. The monoisotopic (exact) mass is 443 g/mol. The predicted octanol–water partition coefficient (Wildman–Crippen LogP) is 5.20. The normalized spacial score (nSPS) is 13.1. The van der Waals surface area contributed by atoms with Crippen LogP contribution in [0.25, 0.3) is 0 Å². The molecule has 0 aliphatic rings. The second-order valence-electron chi connectivity index (χ2n) is 7.04. The summed E-state index contributed by atoms with van der Waals surface area (Å²) in [5.41, 5.74) is 8.09. The van der Waals surface area contributed by atoms with Crippen LogP contribution in [0.3, 0.4) is 0 Å². The maximum Gasteiger partial charge on any atom is 0.120 e. The van der Waals surface area contributed by atoms with Crippen molar-refractivity contribution in [3.63, 3.8) is 0 Å². The van der Waals surface area contributed by atoms with Crippen molar-refractivity contribution in [3.05, 3.63) is 88.9 Å². The van der Waals surface area contributed by atoms with E-state index in [4.69, 9.17) is 27.2 Å². The quantitative estimate of drug-likeness (QED) is 0.401. The molecule has 0 amide bonds. The van der Waals surface area contributed by atoms with Crippen LogP contribution >= 0.6 is 23.4 Å². The summed E-state index contributed by atoms with van der Waals surface area (Å²) in [5.74, 6) is 0.812. The maximum absolute atomic E-state index is 9.86. The van der Waals surface area contributed by atoms with E-state index in [9.17, 15) is 5.11 Å². The Balaban J connectivity index is 1.62. The van der Waals surface area contributed by atoms with Crippen LogP contribution in [0, 0.1) is 0 Å². The van der Waals surface area contributed by atoms with Crippen molar-refractivity contribution >= 4 is 23.4 Å². The molecule has 0 aliphatic heterocycles. The van der Waals surface area contributed by atoms with E-state index in [1.807, 2.05) is 72.8 Å². The first-order valence-electron chi connectivity index (χ1n) is 9.83. The van der Waals surface area contributed by atoms with Crippen LogP contribution in [0.1, 0.15) is 30.0 Å². The fourth-order valence-corrected chi connectivity index (χ4v) is 4.36. The fourth-order valence-electron chi connectivity index (χ4n) is 3.06. The first kappa shape index (κ1) is 22.7. The van der Waals surface area contributed by atoms with Crippen LogP contribution in [-0.2, 0) is 6.61 Å². The Labute approximate surface area is 186 Å². The standard InChI is InChI=1S/C24H26ClNO3S/c25-23-15-21(9-10-22(23)24(26)13-18(28)11-12-27)30-20-8-4-7-19(14-20)29-16-17-5-2-1-3-6-17/h1-10,14-15,18,24,27-28H,11-13,16,26H2/t18?,24-/m1/s1. The van der Waals surface area contributed by atoms with Crippen LogP contribution in [0.5, 0.6) is 5.75 Å². The molecule has 0 bridgehead atoms. The maximum atomic E-state index is 9.86. The van der Waals surface area contributed by atoms with E-state index >= 15 is 0 Å². The number of benzene rings is 3. The van der Waals surface area contributed by atoms with Gasteiger partial charge in [0.25, 0.3) is 0 Å². The summed E-state index contributed by atoms with van der Waals surface area (Å²) in [4.78, 5) is 2.04. The van der Waals surface area contributed by atoms with Gasteiger partial charge in [-0.15, -0.1) is 0 Å². The molecule has 3 rings (SSSR count). The molecular weight excluding hydrogens is 418 g/mol. The van der Waals surface area contributed by atoms with Gasteiger partial charge in [0.1, 0.15) is 12.4 Å². The first-order valence-corrected chi connectivity index (χ1v) is 11.0. The smallest absolute Gasteiger partial charge is 0.120 e. The minimum absolute atomic E-state index is 0.0642. The van der Waals surface area contributed by atoms with E-state index in [-0.39, 0.29) is 12.6 Å². The Morgan fingerprint density at radius 2 is 1.73 bits per heavy atom. The van der Waals surface area contributed by atoms with Gasteiger partial charge in [0.05, 0.1) is 6.10 Å². The number of ether oxygens (including phenoxy) is 1. The third-order valence-electron chi connectivity index (χ3n) is 4.65. The highest BCUT2D eigenvalue weighted by molar-refractivity contribution is 7.99. The average molecular weight is 444 g/mol. The number of rotatable bonds is 10. The predicted molar refractivity (Wildman–Crippen MR) is 122 cm³/mol. The summed E-state index contributed by atoms with van der Waals surface area (Å²) >= 11 is 8.04. The van der Waals surface area contributed by atoms with Crippen molar-refractivity contribution < 1.29 is 14.9 Å². The molecular formula is C24H26ClNO3S. The molecule has 0 aromatic heterocycles. The molecule has 30 heavy (non-hydrogen) atoms. The zero-order valence-corrected chi connectivity index (χ0v) is 18.1. The Morgan fingerprint density at radius 1 is 0.967 bits per heavy atom. The number of halogens is 1. The van der Waals surface area contributed by atoms with E-state index in [0.29, 0.717) is 24.5 Å². The summed E-state index contributed by atoms with van der Waals surface area (Å²) in [6, 6.07) is 23.4. The Bertz CT molecular complexity index is 939. The molecule has 0 saturated heterocycles. The highest BCUT2D eigenvalue weighted by atomic mass is 35.5. The number of aliphatic hydroxyl groups is 2. The van der Waals surface area contributed by atoms with E-state index in [0.717, 1.165) is 26.7 Å². The van der Waals surface area contributed by atoms with E-state index in [1.165, 1.54) is 0 Å². The second-order valence-corrected chi connectivity index (χ2v) is 8.60. The van der Waals surface area contributed by atoms with Gasteiger partial charge in [-0.2, -0.15) is 0 Å². The van der Waals surface area contributed by atoms with Crippen molar-refractivity contribution in [1.82, 2.24) is 0 Å². The molecule has 3 aromatic carbocycles. The highest BCUT2D eigenvalue weighted by Gasteiger charge is 2.15. The summed E-state index contributed by atoms with van der Waals surface area (Å²) in [6.45, 7) is 0.459. The van der Waals surface area contributed by atoms with Crippen LogP contribution in [0.4, 0.5) is 0 Å². The van der Waals surface area contributed by atoms with E-state index in [1.54, 1.807) is 11.8 Å². The third-order valence-corrected chi connectivity index (χ3v) is 5.96. The lowest BCUT2D eigenvalue weighted by molar-refractivity contribution is 0.118. The molecule has 4 nitrogen and oxygen atoms in total. The van der Waals surface area contributed by atoms with Gasteiger partial charge in [-0.25, -0.2) is 0 Å². The van der Waals surface area contributed by atoms with E-state index in [2.05, 4.69) is 0 Å². The number of aliphatic hydroxyl groups excluding tert-OH is 2. The van der Waals surface area contributed by atoms with Gasteiger partial charge < -0.3 is 20.7 Å². The molecule has 0 aliphatic carbocycles. The Hall–Kier alpha value is -2.02. The molecule has 1 unspecified atom stereocenters. The van der Waals surface area contributed by atoms with Gasteiger partial charge in [-0.05, 0) is 54.3 Å². The van der Waals surface area contributed by atoms with Gasteiger partial charge in [0, 0.05) is 27.5 Å². The molecule has 0 radical (unpaired) electrons.